The summed E-state index contributed by atoms with van der Waals surface area (Å²) in [5.74, 6) is 0.628. The highest BCUT2D eigenvalue weighted by molar-refractivity contribution is 7.92. The van der Waals surface area contributed by atoms with Crippen molar-refractivity contribution in [1.82, 2.24) is 0 Å². The number of halogens is 1. The molecule has 0 atom stereocenters. The van der Waals surface area contributed by atoms with E-state index in [4.69, 9.17) is 21.1 Å². The van der Waals surface area contributed by atoms with Crippen LogP contribution in [0.25, 0.3) is 0 Å². The lowest BCUT2D eigenvalue weighted by Crippen LogP contribution is -2.20. The normalized spacial score (nSPS) is 10.9. The Bertz CT molecular complexity index is 1120. The summed E-state index contributed by atoms with van der Waals surface area (Å²) in [6.45, 7) is -0.230. The van der Waals surface area contributed by atoms with E-state index in [0.29, 0.717) is 27.9 Å². The Morgan fingerprint density at radius 1 is 0.933 bits per heavy atom. The Balaban J connectivity index is 1.57. The summed E-state index contributed by atoms with van der Waals surface area (Å²) in [5.41, 5.74) is 0.978. The molecule has 3 aromatic carbocycles. The van der Waals surface area contributed by atoms with Gasteiger partial charge in [-0.3, -0.25) is 9.52 Å². The standard InChI is InChI=1S/C21H19ClN2O5S/c1-28-19-4-2-3-17(13-19)23-21(25)14-29-18-9-11-20(12-10-18)30(26,27)24-16-7-5-15(22)6-8-16/h2-13,24H,14H2,1H3,(H,23,25). The molecule has 0 saturated carbocycles. The Hall–Kier alpha value is -3.23. The lowest BCUT2D eigenvalue weighted by Gasteiger charge is -2.10. The summed E-state index contributed by atoms with van der Waals surface area (Å²) < 4.78 is 37.9. The summed E-state index contributed by atoms with van der Waals surface area (Å²) in [5, 5.41) is 3.20. The number of amides is 1. The number of hydrogen-bond donors (Lipinski definition) is 2. The van der Waals surface area contributed by atoms with E-state index in [1.165, 1.54) is 24.3 Å². The molecule has 30 heavy (non-hydrogen) atoms. The summed E-state index contributed by atoms with van der Waals surface area (Å²) >= 11 is 5.80. The van der Waals surface area contributed by atoms with Crippen molar-refractivity contribution in [3.63, 3.8) is 0 Å². The van der Waals surface area contributed by atoms with Crippen LogP contribution in [-0.4, -0.2) is 28.0 Å². The highest BCUT2D eigenvalue weighted by Gasteiger charge is 2.14. The van der Waals surface area contributed by atoms with E-state index in [0.717, 1.165) is 0 Å². The first kappa shape index (κ1) is 21.5. The highest BCUT2D eigenvalue weighted by atomic mass is 35.5. The van der Waals surface area contributed by atoms with Crippen LogP contribution in [0.15, 0.2) is 77.7 Å². The number of ether oxygens (including phenoxy) is 2. The third kappa shape index (κ3) is 5.88. The van der Waals surface area contributed by atoms with E-state index in [1.807, 2.05) is 0 Å². The molecule has 0 fully saturated rings. The molecule has 3 rings (SSSR count). The third-order valence-corrected chi connectivity index (χ3v) is 5.60. The Morgan fingerprint density at radius 3 is 2.30 bits per heavy atom. The van der Waals surface area contributed by atoms with E-state index in [9.17, 15) is 13.2 Å². The monoisotopic (exact) mass is 446 g/mol. The van der Waals surface area contributed by atoms with Crippen LogP contribution in [0, 0.1) is 0 Å². The number of nitrogens with one attached hydrogen (secondary N) is 2. The second-order valence-corrected chi connectivity index (χ2v) is 8.27. The summed E-state index contributed by atoms with van der Waals surface area (Å²) in [6.07, 6.45) is 0. The Labute approximate surface area is 179 Å². The molecule has 9 heteroatoms. The van der Waals surface area contributed by atoms with Crippen LogP contribution in [0.2, 0.25) is 5.02 Å². The van der Waals surface area contributed by atoms with Gasteiger partial charge in [0.1, 0.15) is 11.5 Å². The van der Waals surface area contributed by atoms with Gasteiger partial charge in [-0.15, -0.1) is 0 Å². The Kier molecular flexibility index (Phi) is 6.81. The number of benzene rings is 3. The summed E-state index contributed by atoms with van der Waals surface area (Å²) in [7, 11) is -2.22. The predicted molar refractivity (Wildman–Crippen MR) is 116 cm³/mol. The summed E-state index contributed by atoms with van der Waals surface area (Å²) in [4.78, 5) is 12.1. The Morgan fingerprint density at radius 2 is 1.63 bits per heavy atom. The molecular weight excluding hydrogens is 428 g/mol. The van der Waals surface area contributed by atoms with Gasteiger partial charge in [0.2, 0.25) is 0 Å². The maximum atomic E-state index is 12.5. The molecule has 0 radical (unpaired) electrons. The molecule has 156 valence electrons. The zero-order chi connectivity index (χ0) is 21.6. The molecule has 1 amide bonds. The number of carbonyl (C=O) groups is 1. The SMILES string of the molecule is COc1cccc(NC(=O)COc2ccc(S(=O)(=O)Nc3ccc(Cl)cc3)cc2)c1. The van der Waals surface area contributed by atoms with Gasteiger partial charge in [-0.05, 0) is 60.7 Å². The zero-order valence-electron chi connectivity index (χ0n) is 16.0. The molecule has 0 spiro atoms. The zero-order valence-corrected chi connectivity index (χ0v) is 17.5. The van der Waals surface area contributed by atoms with Crippen molar-refractivity contribution in [2.75, 3.05) is 23.8 Å². The number of anilines is 2. The number of hydrogen-bond acceptors (Lipinski definition) is 5. The van der Waals surface area contributed by atoms with Crippen LogP contribution in [0.5, 0.6) is 11.5 Å². The molecule has 3 aromatic rings. The van der Waals surface area contributed by atoms with Crippen LogP contribution in [0.3, 0.4) is 0 Å². The molecule has 0 aliphatic heterocycles. The number of carbonyl (C=O) groups excluding carboxylic acids is 1. The van der Waals surface area contributed by atoms with Gasteiger partial charge in [-0.25, -0.2) is 8.42 Å². The average molecular weight is 447 g/mol. The fraction of sp³-hybridized carbons (Fsp3) is 0.0952. The van der Waals surface area contributed by atoms with Crippen molar-refractivity contribution in [2.45, 2.75) is 4.90 Å². The van der Waals surface area contributed by atoms with E-state index in [-0.39, 0.29) is 17.4 Å². The topological polar surface area (TPSA) is 93.7 Å². The lowest BCUT2D eigenvalue weighted by atomic mass is 10.3. The van der Waals surface area contributed by atoms with Crippen LogP contribution in [-0.2, 0) is 14.8 Å². The molecule has 0 aliphatic rings. The van der Waals surface area contributed by atoms with Gasteiger partial charge in [0, 0.05) is 22.5 Å². The van der Waals surface area contributed by atoms with Gasteiger partial charge in [0.15, 0.2) is 6.61 Å². The first-order valence-corrected chi connectivity index (χ1v) is 10.7. The average Bonchev–Trinajstić information content (AvgIpc) is 2.74. The maximum Gasteiger partial charge on any atom is 0.262 e. The minimum atomic E-state index is -3.76. The van der Waals surface area contributed by atoms with Crippen LogP contribution < -0.4 is 19.5 Å². The summed E-state index contributed by atoms with van der Waals surface area (Å²) in [6, 6.07) is 19.0. The molecule has 0 aromatic heterocycles. The van der Waals surface area contributed by atoms with Crippen molar-refractivity contribution in [3.8, 4) is 11.5 Å². The van der Waals surface area contributed by atoms with Gasteiger partial charge in [0.25, 0.3) is 15.9 Å². The fourth-order valence-corrected chi connectivity index (χ4v) is 3.68. The molecule has 2 N–H and O–H groups in total. The van der Waals surface area contributed by atoms with Crippen molar-refractivity contribution in [2.24, 2.45) is 0 Å². The number of rotatable bonds is 8. The van der Waals surface area contributed by atoms with Gasteiger partial charge < -0.3 is 14.8 Å². The second kappa shape index (κ2) is 9.51. The quantitative estimate of drug-likeness (QED) is 0.541. The number of methoxy groups -OCH3 is 1. The first-order valence-electron chi connectivity index (χ1n) is 8.81. The minimum Gasteiger partial charge on any atom is -0.497 e. The van der Waals surface area contributed by atoms with Gasteiger partial charge in [-0.1, -0.05) is 17.7 Å². The molecule has 7 nitrogen and oxygen atoms in total. The van der Waals surface area contributed by atoms with Crippen molar-refractivity contribution < 1.29 is 22.7 Å². The van der Waals surface area contributed by atoms with Crippen LogP contribution in [0.1, 0.15) is 0 Å². The van der Waals surface area contributed by atoms with Crippen LogP contribution in [0.4, 0.5) is 11.4 Å². The van der Waals surface area contributed by atoms with Crippen molar-refractivity contribution in [1.29, 1.82) is 0 Å². The van der Waals surface area contributed by atoms with Gasteiger partial charge in [0.05, 0.1) is 12.0 Å². The van der Waals surface area contributed by atoms with Crippen molar-refractivity contribution >= 4 is 38.9 Å². The van der Waals surface area contributed by atoms with E-state index in [1.54, 1.807) is 55.6 Å². The molecule has 0 heterocycles. The largest absolute Gasteiger partial charge is 0.497 e. The molecule has 0 unspecified atom stereocenters. The van der Waals surface area contributed by atoms with Crippen molar-refractivity contribution in [3.05, 3.63) is 77.8 Å². The number of sulfonamides is 1. The van der Waals surface area contributed by atoms with E-state index in [2.05, 4.69) is 10.0 Å². The van der Waals surface area contributed by atoms with Gasteiger partial charge in [-0.2, -0.15) is 0 Å². The third-order valence-electron chi connectivity index (χ3n) is 3.95. The molecule has 0 saturated heterocycles. The lowest BCUT2D eigenvalue weighted by molar-refractivity contribution is -0.118. The van der Waals surface area contributed by atoms with Crippen LogP contribution >= 0.6 is 11.6 Å². The fourth-order valence-electron chi connectivity index (χ4n) is 2.49. The van der Waals surface area contributed by atoms with E-state index >= 15 is 0 Å². The second-order valence-electron chi connectivity index (χ2n) is 6.15. The highest BCUT2D eigenvalue weighted by Crippen LogP contribution is 2.21. The minimum absolute atomic E-state index is 0.0608. The predicted octanol–water partition coefficient (Wildman–Crippen LogP) is 4.17. The first-order chi connectivity index (χ1) is 14.4. The van der Waals surface area contributed by atoms with Gasteiger partial charge >= 0.3 is 0 Å². The smallest absolute Gasteiger partial charge is 0.262 e. The molecular formula is C21H19ClN2O5S. The maximum absolute atomic E-state index is 12.5. The van der Waals surface area contributed by atoms with E-state index < -0.39 is 10.0 Å². The molecule has 0 bridgehead atoms. The molecule has 0 aliphatic carbocycles.